The number of benzene rings is 5. The van der Waals surface area contributed by atoms with E-state index in [4.69, 9.17) is 4.74 Å². The molecule has 0 fully saturated rings. The summed E-state index contributed by atoms with van der Waals surface area (Å²) in [6.07, 6.45) is 1.73. The summed E-state index contributed by atoms with van der Waals surface area (Å²) in [4.78, 5) is 2.20. The molecule has 0 spiro atoms. The predicted molar refractivity (Wildman–Crippen MR) is 164 cm³/mol. The summed E-state index contributed by atoms with van der Waals surface area (Å²) < 4.78 is 6.70. The number of anilines is 1. The summed E-state index contributed by atoms with van der Waals surface area (Å²) in [6, 6.07) is 45.3. The van der Waals surface area contributed by atoms with E-state index in [1.165, 1.54) is 44.1 Å². The smallest absolute Gasteiger partial charge is 0.131 e. The van der Waals surface area contributed by atoms with Gasteiger partial charge in [-0.3, -0.25) is 0 Å². The zero-order chi connectivity index (χ0) is 26.2. The Morgan fingerprint density at radius 1 is 0.553 bits per heavy atom. The quantitative estimate of drug-likeness (QED) is 0.183. The molecule has 5 aromatic carbocycles. The Labute approximate surface area is 228 Å². The molecule has 5 rings (SSSR count). The summed E-state index contributed by atoms with van der Waals surface area (Å²) in [5.74, 6) is 1.02. The Kier molecular flexibility index (Phi) is 8.53. The maximum absolute atomic E-state index is 6.70. The highest BCUT2D eigenvalue weighted by Gasteiger charge is 2.17. The first-order chi connectivity index (χ1) is 18.7. The minimum absolute atomic E-state index is 0.482. The Hall–Kier alpha value is -3.87. The van der Waals surface area contributed by atoms with E-state index in [1.807, 2.05) is 6.07 Å². The van der Waals surface area contributed by atoms with Gasteiger partial charge in [-0.05, 0) is 46.4 Å². The van der Waals surface area contributed by atoms with Crippen LogP contribution in [0, 0.1) is 0 Å². The van der Waals surface area contributed by atoms with E-state index in [9.17, 15) is 0 Å². The van der Waals surface area contributed by atoms with Gasteiger partial charge in [-0.25, -0.2) is 0 Å². The first-order valence-corrected chi connectivity index (χ1v) is 14.1. The standard InChI is InChI=1S/C35H34NOP/c1-36(2)32-20-12-13-21-33(32)38-34-25-30(22-27-14-6-3-7-15-27)24-31(23-28-16-8-4-9-17-28)35(34)37-26-29-18-10-5-11-19-29/h3-21,24-25,38H,22-23,26H2,1-2H3. The van der Waals surface area contributed by atoms with Gasteiger partial charge in [0.1, 0.15) is 12.4 Å². The fourth-order valence-corrected chi connectivity index (χ4v) is 6.25. The molecule has 0 saturated carbocycles. The van der Waals surface area contributed by atoms with E-state index in [0.29, 0.717) is 15.2 Å². The zero-order valence-corrected chi connectivity index (χ0v) is 23.1. The second kappa shape index (κ2) is 12.6. The van der Waals surface area contributed by atoms with Crippen LogP contribution in [0.1, 0.15) is 27.8 Å². The third-order valence-corrected chi connectivity index (χ3v) is 7.93. The van der Waals surface area contributed by atoms with Crippen molar-refractivity contribution in [2.24, 2.45) is 0 Å². The monoisotopic (exact) mass is 515 g/mol. The number of ether oxygens (including phenoxy) is 1. The van der Waals surface area contributed by atoms with E-state index in [1.54, 1.807) is 0 Å². The fraction of sp³-hybridized carbons (Fsp3) is 0.143. The van der Waals surface area contributed by atoms with Crippen LogP contribution in [0.3, 0.4) is 0 Å². The van der Waals surface area contributed by atoms with Crippen molar-refractivity contribution in [1.29, 1.82) is 0 Å². The molecule has 5 aromatic rings. The highest BCUT2D eigenvalue weighted by atomic mass is 31.1. The molecule has 1 unspecified atom stereocenters. The number of para-hydroxylation sites is 1. The normalized spacial score (nSPS) is 11.1. The van der Waals surface area contributed by atoms with Crippen LogP contribution in [-0.2, 0) is 19.4 Å². The van der Waals surface area contributed by atoms with Crippen molar-refractivity contribution >= 4 is 24.9 Å². The lowest BCUT2D eigenvalue weighted by atomic mass is 9.98. The maximum atomic E-state index is 6.70. The van der Waals surface area contributed by atoms with Gasteiger partial charge in [0.25, 0.3) is 0 Å². The molecular weight excluding hydrogens is 481 g/mol. The molecule has 1 atom stereocenters. The highest BCUT2D eigenvalue weighted by molar-refractivity contribution is 7.56. The van der Waals surface area contributed by atoms with E-state index in [0.717, 1.165) is 18.6 Å². The minimum Gasteiger partial charge on any atom is -0.488 e. The zero-order valence-electron chi connectivity index (χ0n) is 22.1. The van der Waals surface area contributed by atoms with Gasteiger partial charge in [0, 0.05) is 36.8 Å². The first kappa shape index (κ1) is 25.8. The summed E-state index contributed by atoms with van der Waals surface area (Å²) in [5.41, 5.74) is 7.59. The van der Waals surface area contributed by atoms with Crippen LogP contribution in [0.15, 0.2) is 127 Å². The van der Waals surface area contributed by atoms with Crippen molar-refractivity contribution in [3.05, 3.63) is 155 Å². The van der Waals surface area contributed by atoms with Crippen molar-refractivity contribution in [3.8, 4) is 5.75 Å². The molecule has 3 heteroatoms. The topological polar surface area (TPSA) is 12.5 Å². The van der Waals surface area contributed by atoms with E-state index in [2.05, 4.69) is 140 Å². The number of nitrogens with zero attached hydrogens (tertiary/aromatic N) is 1. The fourth-order valence-electron chi connectivity index (χ4n) is 4.74. The van der Waals surface area contributed by atoms with Crippen LogP contribution in [0.25, 0.3) is 0 Å². The number of hydrogen-bond donors (Lipinski definition) is 0. The van der Waals surface area contributed by atoms with E-state index >= 15 is 0 Å². The molecule has 190 valence electrons. The Morgan fingerprint density at radius 3 is 1.74 bits per heavy atom. The number of rotatable bonds is 10. The van der Waals surface area contributed by atoms with Gasteiger partial charge in [0.05, 0.1) is 0 Å². The lowest BCUT2D eigenvalue weighted by Gasteiger charge is -2.21. The van der Waals surface area contributed by atoms with Crippen LogP contribution >= 0.6 is 8.58 Å². The molecule has 0 saturated heterocycles. The van der Waals surface area contributed by atoms with Crippen molar-refractivity contribution in [2.75, 3.05) is 19.0 Å². The molecule has 38 heavy (non-hydrogen) atoms. The summed E-state index contributed by atoms with van der Waals surface area (Å²) in [7, 11) is 4.71. The summed E-state index contributed by atoms with van der Waals surface area (Å²) in [5, 5.41) is 2.58. The highest BCUT2D eigenvalue weighted by Crippen LogP contribution is 2.31. The molecule has 0 amide bonds. The Bertz CT molecular complexity index is 1450. The maximum Gasteiger partial charge on any atom is 0.131 e. The predicted octanol–water partition coefficient (Wildman–Crippen LogP) is 7.14. The molecule has 0 aliphatic carbocycles. The van der Waals surface area contributed by atoms with Crippen LogP contribution in [0.2, 0.25) is 0 Å². The first-order valence-electron chi connectivity index (χ1n) is 13.1. The van der Waals surface area contributed by atoms with E-state index < -0.39 is 0 Å². The minimum atomic E-state index is 0.482. The molecule has 0 N–H and O–H groups in total. The van der Waals surface area contributed by atoms with Crippen LogP contribution in [0.5, 0.6) is 5.75 Å². The van der Waals surface area contributed by atoms with Gasteiger partial charge in [-0.2, -0.15) is 0 Å². The summed E-state index contributed by atoms with van der Waals surface area (Å²) in [6.45, 7) is 0.549. The summed E-state index contributed by atoms with van der Waals surface area (Å²) >= 11 is 0. The molecule has 0 aliphatic heterocycles. The molecule has 0 bridgehead atoms. The third kappa shape index (κ3) is 6.71. The average molecular weight is 516 g/mol. The Morgan fingerprint density at radius 2 is 1.11 bits per heavy atom. The van der Waals surface area contributed by atoms with Gasteiger partial charge >= 0.3 is 0 Å². The van der Waals surface area contributed by atoms with Crippen molar-refractivity contribution < 1.29 is 4.74 Å². The SMILES string of the molecule is CN(C)c1ccccc1Pc1cc(Cc2ccccc2)cc(Cc2ccccc2)c1OCc1ccccc1. The molecule has 0 radical (unpaired) electrons. The molecular formula is C35H34NOP. The van der Waals surface area contributed by atoms with E-state index in [-0.39, 0.29) is 0 Å². The lowest BCUT2D eigenvalue weighted by molar-refractivity contribution is 0.306. The van der Waals surface area contributed by atoms with Crippen molar-refractivity contribution in [1.82, 2.24) is 0 Å². The lowest BCUT2D eigenvalue weighted by Crippen LogP contribution is -2.19. The van der Waals surface area contributed by atoms with Gasteiger partial charge in [-0.15, -0.1) is 0 Å². The number of hydrogen-bond acceptors (Lipinski definition) is 2. The van der Waals surface area contributed by atoms with Crippen LogP contribution in [-0.4, -0.2) is 14.1 Å². The largest absolute Gasteiger partial charge is 0.488 e. The third-order valence-electron chi connectivity index (χ3n) is 6.60. The average Bonchev–Trinajstić information content (AvgIpc) is 2.94. The van der Waals surface area contributed by atoms with Crippen LogP contribution in [0.4, 0.5) is 5.69 Å². The molecule has 2 nitrogen and oxygen atoms in total. The Balaban J connectivity index is 1.60. The van der Waals surface area contributed by atoms with Crippen molar-refractivity contribution in [3.63, 3.8) is 0 Å². The van der Waals surface area contributed by atoms with Gasteiger partial charge < -0.3 is 9.64 Å². The van der Waals surface area contributed by atoms with Crippen LogP contribution < -0.4 is 20.2 Å². The second-order valence-electron chi connectivity index (χ2n) is 9.77. The molecule has 0 heterocycles. The van der Waals surface area contributed by atoms with Gasteiger partial charge in [-0.1, -0.05) is 124 Å². The van der Waals surface area contributed by atoms with Gasteiger partial charge in [0.2, 0.25) is 0 Å². The van der Waals surface area contributed by atoms with Gasteiger partial charge in [0.15, 0.2) is 0 Å². The van der Waals surface area contributed by atoms with Crippen molar-refractivity contribution in [2.45, 2.75) is 19.4 Å². The second-order valence-corrected chi connectivity index (χ2v) is 11.1. The molecule has 0 aliphatic rings. The molecule has 0 aromatic heterocycles.